The Morgan fingerprint density at radius 2 is 1.43 bits per heavy atom. The molecule has 12 heteroatoms. The Hall–Kier alpha value is -4.71. The van der Waals surface area contributed by atoms with Gasteiger partial charge in [-0.05, 0) is 55.8 Å². The highest BCUT2D eigenvalue weighted by molar-refractivity contribution is 7.92. The third kappa shape index (κ3) is 8.51. The van der Waals surface area contributed by atoms with Gasteiger partial charge >= 0.3 is 6.18 Å². The summed E-state index contributed by atoms with van der Waals surface area (Å²) in [7, 11) is -4.61. The Morgan fingerprint density at radius 1 is 0.826 bits per heavy atom. The van der Waals surface area contributed by atoms with Crippen LogP contribution in [0.3, 0.4) is 0 Å². The van der Waals surface area contributed by atoms with Crippen molar-refractivity contribution >= 4 is 27.5 Å². The number of benzene rings is 4. The van der Waals surface area contributed by atoms with Crippen LogP contribution in [0.5, 0.6) is 0 Å². The number of anilines is 1. The summed E-state index contributed by atoms with van der Waals surface area (Å²) in [4.78, 5) is 28.8. The van der Waals surface area contributed by atoms with Crippen LogP contribution in [0.4, 0.5) is 23.2 Å². The number of sulfonamides is 1. The van der Waals surface area contributed by atoms with Gasteiger partial charge in [-0.2, -0.15) is 13.2 Å². The largest absolute Gasteiger partial charge is 0.416 e. The van der Waals surface area contributed by atoms with Crippen molar-refractivity contribution in [3.63, 3.8) is 0 Å². The van der Waals surface area contributed by atoms with Crippen molar-refractivity contribution in [3.05, 3.63) is 132 Å². The summed E-state index contributed by atoms with van der Waals surface area (Å²) in [6, 6.07) is 23.4. The maximum atomic E-state index is 15.0. The molecule has 0 radical (unpaired) electrons. The van der Waals surface area contributed by atoms with E-state index in [2.05, 4.69) is 5.32 Å². The van der Waals surface area contributed by atoms with Gasteiger partial charge in [-0.15, -0.1) is 0 Å². The van der Waals surface area contributed by atoms with Crippen LogP contribution in [0.25, 0.3) is 0 Å². The van der Waals surface area contributed by atoms with E-state index in [0.29, 0.717) is 15.9 Å². The average molecular weight is 656 g/mol. The van der Waals surface area contributed by atoms with Crippen molar-refractivity contribution in [2.75, 3.05) is 10.8 Å². The van der Waals surface area contributed by atoms with Crippen molar-refractivity contribution in [2.24, 2.45) is 0 Å². The summed E-state index contributed by atoms with van der Waals surface area (Å²) < 4.78 is 84.5. The molecule has 0 fully saturated rings. The first kappa shape index (κ1) is 34.2. The second-order valence-corrected chi connectivity index (χ2v) is 12.7. The van der Waals surface area contributed by atoms with Gasteiger partial charge in [0.25, 0.3) is 10.0 Å². The molecule has 0 saturated carbocycles. The Balaban J connectivity index is 1.85. The normalized spacial score (nSPS) is 12.4. The first-order valence-corrected chi connectivity index (χ1v) is 15.8. The highest BCUT2D eigenvalue weighted by atomic mass is 32.2. The standard InChI is InChI=1S/C34H33F4N3O4S/c1-24(2)39-33(43)31(20-25-12-5-3-6-13-25)40(22-26-14-9-10-19-30(26)35)32(42)23-41(46(44,45)29-17-7-4-8-18-29)28-16-11-15-27(21-28)34(36,37)38/h3-19,21,24,31H,20,22-23H2,1-2H3,(H,39,43)/t31-/m1/s1. The van der Waals surface area contributed by atoms with Gasteiger partial charge in [-0.25, -0.2) is 12.8 Å². The number of hydrogen-bond donors (Lipinski definition) is 1. The fourth-order valence-electron chi connectivity index (χ4n) is 4.83. The lowest BCUT2D eigenvalue weighted by Gasteiger charge is -2.34. The number of carbonyl (C=O) groups is 2. The maximum absolute atomic E-state index is 15.0. The number of halogens is 4. The van der Waals surface area contributed by atoms with Gasteiger partial charge in [-0.3, -0.25) is 13.9 Å². The highest BCUT2D eigenvalue weighted by Crippen LogP contribution is 2.33. The highest BCUT2D eigenvalue weighted by Gasteiger charge is 2.36. The van der Waals surface area contributed by atoms with E-state index in [9.17, 15) is 35.6 Å². The zero-order chi connectivity index (χ0) is 33.5. The summed E-state index contributed by atoms with van der Waals surface area (Å²) >= 11 is 0. The zero-order valence-electron chi connectivity index (χ0n) is 25.1. The van der Waals surface area contributed by atoms with Gasteiger partial charge in [0, 0.05) is 24.6 Å². The molecule has 46 heavy (non-hydrogen) atoms. The van der Waals surface area contributed by atoms with Crippen LogP contribution in [0.1, 0.15) is 30.5 Å². The number of rotatable bonds is 12. The molecule has 0 saturated heterocycles. The second kappa shape index (κ2) is 14.6. The molecule has 2 amide bonds. The van der Waals surface area contributed by atoms with Crippen molar-refractivity contribution in [2.45, 2.75) is 50.0 Å². The molecule has 4 aromatic rings. The molecule has 4 aromatic carbocycles. The molecule has 0 aliphatic carbocycles. The number of carbonyl (C=O) groups excluding carboxylic acids is 2. The second-order valence-electron chi connectivity index (χ2n) is 10.9. The van der Waals surface area contributed by atoms with Crippen molar-refractivity contribution in [1.29, 1.82) is 0 Å². The molecule has 0 heterocycles. The number of nitrogens with zero attached hydrogens (tertiary/aromatic N) is 2. The Kier molecular flexibility index (Phi) is 10.8. The SMILES string of the molecule is CC(C)NC(=O)[C@@H](Cc1ccccc1)N(Cc1ccccc1F)C(=O)CN(c1cccc(C(F)(F)F)c1)S(=O)(=O)c1ccccc1. The summed E-state index contributed by atoms with van der Waals surface area (Å²) in [5, 5.41) is 2.78. The number of amides is 2. The van der Waals surface area contributed by atoms with Crippen LogP contribution in [0, 0.1) is 5.82 Å². The smallest absolute Gasteiger partial charge is 0.352 e. The molecular formula is C34H33F4N3O4S. The predicted octanol–water partition coefficient (Wildman–Crippen LogP) is 6.20. The van der Waals surface area contributed by atoms with Crippen LogP contribution in [-0.2, 0) is 38.8 Å². The number of hydrogen-bond acceptors (Lipinski definition) is 4. The van der Waals surface area contributed by atoms with Gasteiger partial charge in [0.2, 0.25) is 11.8 Å². The first-order chi connectivity index (χ1) is 21.8. The molecule has 0 spiro atoms. The monoisotopic (exact) mass is 655 g/mol. The van der Waals surface area contributed by atoms with E-state index in [1.165, 1.54) is 42.5 Å². The van der Waals surface area contributed by atoms with Crippen LogP contribution in [0.2, 0.25) is 0 Å². The third-order valence-corrected chi connectivity index (χ3v) is 8.86. The van der Waals surface area contributed by atoms with E-state index in [0.717, 1.165) is 23.1 Å². The number of nitrogens with one attached hydrogen (secondary N) is 1. The Bertz CT molecular complexity index is 1750. The number of alkyl halides is 3. The molecule has 0 aromatic heterocycles. The third-order valence-electron chi connectivity index (χ3n) is 7.07. The lowest BCUT2D eigenvalue weighted by Crippen LogP contribution is -2.54. The molecule has 4 rings (SSSR count). The van der Waals surface area contributed by atoms with Gasteiger partial charge in [0.1, 0.15) is 18.4 Å². The molecular weight excluding hydrogens is 622 g/mol. The average Bonchev–Trinajstić information content (AvgIpc) is 3.02. The minimum Gasteiger partial charge on any atom is -0.352 e. The first-order valence-electron chi connectivity index (χ1n) is 14.4. The molecule has 0 aliphatic rings. The maximum Gasteiger partial charge on any atom is 0.416 e. The lowest BCUT2D eigenvalue weighted by atomic mass is 10.0. The Labute approximate surface area is 265 Å². The van der Waals surface area contributed by atoms with Gasteiger partial charge in [0.05, 0.1) is 16.1 Å². The van der Waals surface area contributed by atoms with Gasteiger partial charge < -0.3 is 10.2 Å². The van der Waals surface area contributed by atoms with Crippen molar-refractivity contribution < 1.29 is 35.6 Å². The minimum absolute atomic E-state index is 0.00538. The van der Waals surface area contributed by atoms with E-state index < -0.39 is 64.2 Å². The molecule has 0 unspecified atom stereocenters. The molecule has 0 bridgehead atoms. The van der Waals surface area contributed by atoms with E-state index in [4.69, 9.17) is 0 Å². The fourth-order valence-corrected chi connectivity index (χ4v) is 6.26. The summed E-state index contributed by atoms with van der Waals surface area (Å²) in [6.07, 6.45) is -4.80. The van der Waals surface area contributed by atoms with Crippen molar-refractivity contribution in [1.82, 2.24) is 10.2 Å². The summed E-state index contributed by atoms with van der Waals surface area (Å²) in [6.45, 7) is 2.05. The molecule has 1 atom stereocenters. The van der Waals surface area contributed by atoms with Crippen LogP contribution >= 0.6 is 0 Å². The predicted molar refractivity (Wildman–Crippen MR) is 167 cm³/mol. The summed E-state index contributed by atoms with van der Waals surface area (Å²) in [5.41, 5.74) is -0.802. The van der Waals surface area contributed by atoms with E-state index in [1.54, 1.807) is 56.3 Å². The quantitative estimate of drug-likeness (QED) is 0.184. The van der Waals surface area contributed by atoms with E-state index in [1.807, 2.05) is 0 Å². The molecule has 1 N–H and O–H groups in total. The Morgan fingerprint density at radius 3 is 2.04 bits per heavy atom. The molecule has 0 aliphatic heterocycles. The van der Waals surface area contributed by atoms with Crippen LogP contribution in [0.15, 0.2) is 114 Å². The lowest BCUT2D eigenvalue weighted by molar-refractivity contribution is -0.140. The van der Waals surface area contributed by atoms with Crippen LogP contribution < -0.4 is 9.62 Å². The minimum atomic E-state index is -4.80. The summed E-state index contributed by atoms with van der Waals surface area (Å²) in [5.74, 6) is -2.16. The van der Waals surface area contributed by atoms with Gasteiger partial charge in [-0.1, -0.05) is 72.8 Å². The zero-order valence-corrected chi connectivity index (χ0v) is 25.9. The molecule has 7 nitrogen and oxygen atoms in total. The fraction of sp³-hybridized carbons (Fsp3) is 0.235. The van der Waals surface area contributed by atoms with Crippen molar-refractivity contribution in [3.8, 4) is 0 Å². The van der Waals surface area contributed by atoms with Gasteiger partial charge in [0.15, 0.2) is 0 Å². The van der Waals surface area contributed by atoms with Crippen LogP contribution in [-0.4, -0.2) is 43.8 Å². The van der Waals surface area contributed by atoms with E-state index in [-0.39, 0.29) is 22.9 Å². The van der Waals surface area contributed by atoms with E-state index >= 15 is 0 Å². The topological polar surface area (TPSA) is 86.8 Å². The molecule has 242 valence electrons.